The summed E-state index contributed by atoms with van der Waals surface area (Å²) in [5.41, 5.74) is 1.19. The van der Waals surface area contributed by atoms with Gasteiger partial charge in [0.25, 0.3) is 0 Å². The fraction of sp³-hybridized carbons (Fsp3) is 0.786. The zero-order chi connectivity index (χ0) is 13.7. The molecule has 4 nitrogen and oxygen atoms in total. The molecule has 4 heteroatoms. The van der Waals surface area contributed by atoms with E-state index in [1.165, 1.54) is 5.57 Å². The maximum absolute atomic E-state index is 12.0. The van der Waals surface area contributed by atoms with E-state index in [0.717, 1.165) is 25.9 Å². The third-order valence-corrected chi connectivity index (χ3v) is 3.89. The van der Waals surface area contributed by atoms with Crippen molar-refractivity contribution in [3.05, 3.63) is 11.8 Å². The van der Waals surface area contributed by atoms with Crippen LogP contribution in [-0.4, -0.2) is 49.1 Å². The number of hydrogen-bond donors (Lipinski definition) is 1. The molecule has 2 amide bonds. The second-order valence-electron chi connectivity index (χ2n) is 5.64. The standard InChI is InChI=1S/C14H27N3O/c1-11(2)12(3)10-15-14(18)17(5)13-6-8-16(4)9-7-13/h10-11,13H,6-9H2,1-5H3,(H,15,18)/b12-10+. The zero-order valence-corrected chi connectivity index (χ0v) is 12.4. The van der Waals surface area contributed by atoms with Gasteiger partial charge in [-0.3, -0.25) is 0 Å². The number of amides is 2. The molecule has 1 saturated heterocycles. The molecule has 1 fully saturated rings. The smallest absolute Gasteiger partial charge is 0.321 e. The number of urea groups is 1. The average molecular weight is 253 g/mol. The Kier molecular flexibility index (Phi) is 5.66. The first kappa shape index (κ1) is 15.0. The van der Waals surface area contributed by atoms with Crippen molar-refractivity contribution in [3.8, 4) is 0 Å². The van der Waals surface area contributed by atoms with Crippen LogP contribution in [-0.2, 0) is 0 Å². The number of allylic oxidation sites excluding steroid dienone is 1. The molecule has 0 aromatic rings. The summed E-state index contributed by atoms with van der Waals surface area (Å²) in [6.45, 7) is 8.43. The summed E-state index contributed by atoms with van der Waals surface area (Å²) in [7, 11) is 4.02. The van der Waals surface area contributed by atoms with Gasteiger partial charge in [0.05, 0.1) is 0 Å². The summed E-state index contributed by atoms with van der Waals surface area (Å²) in [5.74, 6) is 0.471. The highest BCUT2D eigenvalue weighted by molar-refractivity contribution is 5.75. The van der Waals surface area contributed by atoms with Crippen LogP contribution in [0.25, 0.3) is 0 Å². The summed E-state index contributed by atoms with van der Waals surface area (Å²) in [4.78, 5) is 16.2. The number of carbonyl (C=O) groups is 1. The summed E-state index contributed by atoms with van der Waals surface area (Å²) in [6.07, 6.45) is 3.96. The van der Waals surface area contributed by atoms with E-state index in [0.29, 0.717) is 12.0 Å². The largest absolute Gasteiger partial charge is 0.325 e. The molecule has 1 rings (SSSR count). The van der Waals surface area contributed by atoms with Crippen molar-refractivity contribution in [1.29, 1.82) is 0 Å². The lowest BCUT2D eigenvalue weighted by Gasteiger charge is -2.34. The van der Waals surface area contributed by atoms with Crippen LogP contribution < -0.4 is 5.32 Å². The summed E-state index contributed by atoms with van der Waals surface area (Å²) >= 11 is 0. The van der Waals surface area contributed by atoms with Gasteiger partial charge in [-0.15, -0.1) is 0 Å². The Balaban J connectivity index is 2.44. The Morgan fingerprint density at radius 3 is 2.44 bits per heavy atom. The molecule has 1 aliphatic heterocycles. The van der Waals surface area contributed by atoms with Crippen LogP contribution in [0.3, 0.4) is 0 Å². The van der Waals surface area contributed by atoms with Crippen LogP contribution in [0.1, 0.15) is 33.6 Å². The highest BCUT2D eigenvalue weighted by Gasteiger charge is 2.23. The highest BCUT2D eigenvalue weighted by Crippen LogP contribution is 2.14. The van der Waals surface area contributed by atoms with Crippen LogP contribution in [0.2, 0.25) is 0 Å². The number of carbonyl (C=O) groups excluding carboxylic acids is 1. The van der Waals surface area contributed by atoms with Gasteiger partial charge in [-0.2, -0.15) is 0 Å². The van der Waals surface area contributed by atoms with E-state index < -0.39 is 0 Å². The minimum Gasteiger partial charge on any atom is -0.325 e. The van der Waals surface area contributed by atoms with Gasteiger partial charge < -0.3 is 15.1 Å². The first-order valence-electron chi connectivity index (χ1n) is 6.80. The molecule has 0 spiro atoms. The molecule has 104 valence electrons. The molecule has 0 aromatic carbocycles. The predicted molar refractivity (Wildman–Crippen MR) is 75.4 cm³/mol. The summed E-state index contributed by atoms with van der Waals surface area (Å²) < 4.78 is 0. The molecule has 1 N–H and O–H groups in total. The van der Waals surface area contributed by atoms with Crippen molar-refractivity contribution in [2.75, 3.05) is 27.2 Å². The van der Waals surface area contributed by atoms with Gasteiger partial charge in [0.1, 0.15) is 0 Å². The summed E-state index contributed by atoms with van der Waals surface area (Å²) in [6, 6.07) is 0.374. The van der Waals surface area contributed by atoms with E-state index >= 15 is 0 Å². The van der Waals surface area contributed by atoms with Crippen molar-refractivity contribution in [2.24, 2.45) is 5.92 Å². The predicted octanol–water partition coefficient (Wildman–Crippen LogP) is 2.28. The van der Waals surface area contributed by atoms with E-state index in [2.05, 4.69) is 31.1 Å². The topological polar surface area (TPSA) is 35.6 Å². The Morgan fingerprint density at radius 1 is 1.39 bits per heavy atom. The Labute approximate surface area is 111 Å². The van der Waals surface area contributed by atoms with Crippen LogP contribution >= 0.6 is 0 Å². The Morgan fingerprint density at radius 2 is 1.94 bits per heavy atom. The maximum Gasteiger partial charge on any atom is 0.321 e. The first-order valence-corrected chi connectivity index (χ1v) is 6.80. The van der Waals surface area contributed by atoms with Gasteiger partial charge in [-0.05, 0) is 45.8 Å². The van der Waals surface area contributed by atoms with Crippen molar-refractivity contribution in [2.45, 2.75) is 39.7 Å². The minimum atomic E-state index is 0.00422. The number of piperidine rings is 1. The van der Waals surface area contributed by atoms with Crippen molar-refractivity contribution in [1.82, 2.24) is 15.1 Å². The second-order valence-corrected chi connectivity index (χ2v) is 5.64. The van der Waals surface area contributed by atoms with Crippen LogP contribution in [0.5, 0.6) is 0 Å². The van der Waals surface area contributed by atoms with Crippen molar-refractivity contribution in [3.63, 3.8) is 0 Å². The normalized spacial score (nSPS) is 19.1. The SMILES string of the molecule is C/C(=C\NC(=O)N(C)C1CCN(C)CC1)C(C)C. The van der Waals surface area contributed by atoms with Crippen LogP contribution in [0.4, 0.5) is 4.79 Å². The Bertz CT molecular complexity index is 304. The molecule has 0 atom stereocenters. The fourth-order valence-corrected chi connectivity index (χ4v) is 1.99. The molecule has 0 radical (unpaired) electrons. The quantitative estimate of drug-likeness (QED) is 0.837. The number of hydrogen-bond acceptors (Lipinski definition) is 2. The monoisotopic (exact) mass is 253 g/mol. The molecule has 0 aromatic heterocycles. The average Bonchev–Trinajstić information content (AvgIpc) is 2.35. The maximum atomic E-state index is 12.0. The molecule has 0 bridgehead atoms. The summed E-state index contributed by atoms with van der Waals surface area (Å²) in [5, 5.41) is 2.88. The lowest BCUT2D eigenvalue weighted by Crippen LogP contribution is -2.47. The van der Waals surface area contributed by atoms with Gasteiger partial charge in [-0.25, -0.2) is 4.79 Å². The zero-order valence-electron chi connectivity index (χ0n) is 12.4. The van der Waals surface area contributed by atoms with E-state index in [1.54, 1.807) is 0 Å². The number of nitrogens with one attached hydrogen (secondary N) is 1. The van der Waals surface area contributed by atoms with E-state index in [1.807, 2.05) is 25.1 Å². The second kappa shape index (κ2) is 6.78. The van der Waals surface area contributed by atoms with Crippen molar-refractivity contribution >= 4 is 6.03 Å². The van der Waals surface area contributed by atoms with E-state index in [9.17, 15) is 4.79 Å². The third kappa shape index (κ3) is 4.33. The minimum absolute atomic E-state index is 0.00422. The Hall–Kier alpha value is -1.03. The van der Waals surface area contributed by atoms with Gasteiger partial charge in [0.15, 0.2) is 0 Å². The number of nitrogens with zero attached hydrogens (tertiary/aromatic N) is 2. The van der Waals surface area contributed by atoms with E-state index in [4.69, 9.17) is 0 Å². The molecule has 0 saturated carbocycles. The lowest BCUT2D eigenvalue weighted by atomic mass is 10.0. The molecular weight excluding hydrogens is 226 g/mol. The molecule has 0 unspecified atom stereocenters. The molecule has 1 heterocycles. The van der Waals surface area contributed by atoms with E-state index in [-0.39, 0.29) is 6.03 Å². The first-order chi connectivity index (χ1) is 8.41. The van der Waals surface area contributed by atoms with Gasteiger partial charge in [-0.1, -0.05) is 19.4 Å². The molecule has 18 heavy (non-hydrogen) atoms. The molecule has 1 aliphatic rings. The van der Waals surface area contributed by atoms with Crippen molar-refractivity contribution < 1.29 is 4.79 Å². The number of rotatable bonds is 3. The van der Waals surface area contributed by atoms with Gasteiger partial charge in [0.2, 0.25) is 0 Å². The van der Waals surface area contributed by atoms with Crippen LogP contribution in [0, 0.1) is 5.92 Å². The van der Waals surface area contributed by atoms with Gasteiger partial charge >= 0.3 is 6.03 Å². The molecular formula is C14H27N3O. The lowest BCUT2D eigenvalue weighted by molar-refractivity contribution is 0.150. The highest BCUT2D eigenvalue weighted by atomic mass is 16.2. The van der Waals surface area contributed by atoms with Crippen LogP contribution in [0.15, 0.2) is 11.8 Å². The number of likely N-dealkylation sites (tertiary alicyclic amines) is 1. The fourth-order valence-electron chi connectivity index (χ4n) is 1.99. The third-order valence-electron chi connectivity index (χ3n) is 3.89. The molecule has 0 aliphatic carbocycles. The van der Waals surface area contributed by atoms with Gasteiger partial charge in [0, 0.05) is 19.3 Å².